The number of nitrogens with one attached hydrogen (secondary N) is 3. The van der Waals surface area contributed by atoms with E-state index in [1.165, 1.54) is 6.92 Å². The molecule has 0 radical (unpaired) electrons. The summed E-state index contributed by atoms with van der Waals surface area (Å²) >= 11 is 0. The average Bonchev–Trinajstić information content (AvgIpc) is 3.85. The van der Waals surface area contributed by atoms with E-state index in [4.69, 9.17) is 4.98 Å². The standard InChI is InChI=1S/C44H50N10O6/c1-25-34-22-46-44(50-39(34)53(30-7-3-4-8-30)43(60)38(25)26(2)55)48-36-13-9-27(21-45-36)23-51-18-15-28(16-19-51)47-29-6-5-17-52(24-29)31-10-11-32-33(20-31)42(59)54(41(32)58)35-12-14-37(56)49-40(35)57/h9-11,13,20-22,28-30,35,47H,3-8,12,14-19,23-24H2,1-2H3,(H,49,56,57)(H,45,46,48,50)/t29-,35?/m1/s1. The van der Waals surface area contributed by atoms with Crippen LogP contribution in [0.1, 0.15) is 119 Å². The number of pyridine rings is 2. The Morgan fingerprint density at radius 2 is 1.63 bits per heavy atom. The third-order valence-electron chi connectivity index (χ3n) is 13.0. The van der Waals surface area contributed by atoms with Crippen LogP contribution < -0.4 is 26.4 Å². The van der Waals surface area contributed by atoms with Crippen molar-refractivity contribution in [2.75, 3.05) is 36.4 Å². The molecule has 2 atom stereocenters. The number of piperidine rings is 3. The number of hydrogen-bond acceptors (Lipinski definition) is 13. The van der Waals surface area contributed by atoms with Crippen molar-refractivity contribution in [1.29, 1.82) is 0 Å². The Kier molecular flexibility index (Phi) is 10.8. The molecule has 3 aromatic heterocycles. The Bertz CT molecular complexity index is 2450. The number of carbonyl (C=O) groups excluding carboxylic acids is 5. The van der Waals surface area contributed by atoms with Crippen LogP contribution in [-0.4, -0.2) is 103 Å². The zero-order chi connectivity index (χ0) is 41.7. The van der Waals surface area contributed by atoms with Gasteiger partial charge in [-0.05, 0) is 107 Å². The average molecular weight is 815 g/mol. The Hall–Kier alpha value is -5.87. The summed E-state index contributed by atoms with van der Waals surface area (Å²) in [6, 6.07) is 9.03. The molecule has 1 aliphatic carbocycles. The van der Waals surface area contributed by atoms with E-state index < -0.39 is 29.7 Å². The number of ketones is 1. The summed E-state index contributed by atoms with van der Waals surface area (Å²) < 4.78 is 1.71. The molecule has 312 valence electrons. The van der Waals surface area contributed by atoms with E-state index in [1.54, 1.807) is 29.8 Å². The maximum Gasteiger partial charge on any atom is 0.263 e. The Labute approximate surface area is 347 Å². The summed E-state index contributed by atoms with van der Waals surface area (Å²) in [7, 11) is 0. The molecule has 16 heteroatoms. The summed E-state index contributed by atoms with van der Waals surface area (Å²) in [6.45, 7) is 7.55. The number of aryl methyl sites for hydroxylation is 1. The Morgan fingerprint density at radius 1 is 0.850 bits per heavy atom. The Morgan fingerprint density at radius 3 is 2.37 bits per heavy atom. The van der Waals surface area contributed by atoms with Crippen molar-refractivity contribution in [3.05, 3.63) is 80.9 Å². The molecular formula is C44H50N10O6. The van der Waals surface area contributed by atoms with Crippen LogP contribution in [0.5, 0.6) is 0 Å². The first-order valence-electron chi connectivity index (χ1n) is 21.3. The number of likely N-dealkylation sites (tertiary alicyclic amines) is 1. The van der Waals surface area contributed by atoms with Gasteiger partial charge in [0, 0.05) is 67.6 Å². The lowest BCUT2D eigenvalue weighted by Gasteiger charge is -2.39. The number of imide groups is 2. The van der Waals surface area contributed by atoms with Gasteiger partial charge >= 0.3 is 0 Å². The molecule has 4 amide bonds. The highest BCUT2D eigenvalue weighted by Crippen LogP contribution is 2.34. The van der Waals surface area contributed by atoms with Gasteiger partial charge in [0.05, 0.1) is 16.7 Å². The number of nitrogens with zero attached hydrogens (tertiary/aromatic N) is 7. The monoisotopic (exact) mass is 814 g/mol. The number of anilines is 3. The van der Waals surface area contributed by atoms with Gasteiger partial charge in [-0.25, -0.2) is 9.97 Å². The molecule has 7 heterocycles. The molecule has 5 aliphatic rings. The Balaban J connectivity index is 0.779. The van der Waals surface area contributed by atoms with Crippen LogP contribution in [0.15, 0.2) is 47.5 Å². The van der Waals surface area contributed by atoms with Crippen LogP contribution in [0, 0.1) is 6.92 Å². The van der Waals surface area contributed by atoms with E-state index >= 15 is 0 Å². The number of benzene rings is 1. The van der Waals surface area contributed by atoms with Crippen molar-refractivity contribution in [3.8, 4) is 0 Å². The molecule has 4 fully saturated rings. The van der Waals surface area contributed by atoms with Crippen LogP contribution in [0.25, 0.3) is 11.0 Å². The summed E-state index contributed by atoms with van der Waals surface area (Å²) in [6.07, 6.45) is 11.7. The van der Waals surface area contributed by atoms with Crippen LogP contribution in [0.3, 0.4) is 0 Å². The van der Waals surface area contributed by atoms with E-state index in [2.05, 4.69) is 41.8 Å². The zero-order valence-corrected chi connectivity index (χ0v) is 34.0. The summed E-state index contributed by atoms with van der Waals surface area (Å²) in [4.78, 5) is 96.5. The first kappa shape index (κ1) is 39.6. The van der Waals surface area contributed by atoms with Crippen LogP contribution >= 0.6 is 0 Å². The van der Waals surface area contributed by atoms with Crippen molar-refractivity contribution < 1.29 is 24.0 Å². The lowest BCUT2D eigenvalue weighted by molar-refractivity contribution is -0.136. The highest BCUT2D eigenvalue weighted by Gasteiger charge is 2.45. The van der Waals surface area contributed by atoms with Crippen molar-refractivity contribution >= 4 is 57.9 Å². The number of Topliss-reactive ketones (excluding diaryl/α,β-unsaturated/α-hetero) is 1. The molecule has 3 saturated heterocycles. The molecular weight excluding hydrogens is 765 g/mol. The molecule has 1 saturated carbocycles. The predicted molar refractivity (Wildman–Crippen MR) is 223 cm³/mol. The third kappa shape index (κ3) is 7.58. The number of rotatable bonds is 10. The number of aromatic nitrogens is 4. The smallest absolute Gasteiger partial charge is 0.263 e. The van der Waals surface area contributed by atoms with Gasteiger partial charge in [-0.3, -0.25) is 48.5 Å². The molecule has 4 aliphatic heterocycles. The minimum atomic E-state index is -0.980. The zero-order valence-electron chi connectivity index (χ0n) is 34.0. The van der Waals surface area contributed by atoms with Gasteiger partial charge in [-0.15, -0.1) is 0 Å². The topological polar surface area (TPSA) is 192 Å². The fraction of sp³-hybridized carbons (Fsp3) is 0.477. The fourth-order valence-electron chi connectivity index (χ4n) is 9.87. The quantitative estimate of drug-likeness (QED) is 0.153. The molecule has 4 aromatic rings. The number of fused-ring (bicyclic) bond motifs is 2. The molecule has 0 spiro atoms. The van der Waals surface area contributed by atoms with E-state index in [0.29, 0.717) is 45.5 Å². The van der Waals surface area contributed by atoms with Crippen molar-refractivity contribution in [2.24, 2.45) is 0 Å². The lowest BCUT2D eigenvalue weighted by Crippen LogP contribution is -2.54. The SMILES string of the molecule is CC(=O)c1c(C)c2cnc(Nc3ccc(CN4CCC(N[C@@H]5CCCN(c6ccc7c(c6)C(=O)N(C6CCC(=O)NC6=O)C7=O)C5)CC4)cn3)nc2n(C2CCCC2)c1=O. The van der Waals surface area contributed by atoms with Gasteiger partial charge in [0.15, 0.2) is 5.78 Å². The van der Waals surface area contributed by atoms with Gasteiger partial charge in [-0.1, -0.05) is 18.9 Å². The molecule has 16 nitrogen and oxygen atoms in total. The second-order valence-corrected chi connectivity index (χ2v) is 17.0. The van der Waals surface area contributed by atoms with Gasteiger partial charge < -0.3 is 15.5 Å². The van der Waals surface area contributed by atoms with Crippen molar-refractivity contribution in [3.63, 3.8) is 0 Å². The molecule has 3 N–H and O–H groups in total. The van der Waals surface area contributed by atoms with Crippen LogP contribution in [-0.2, 0) is 16.1 Å². The number of hydrogen-bond donors (Lipinski definition) is 3. The number of amides is 4. The molecule has 0 bridgehead atoms. The first-order chi connectivity index (χ1) is 29.0. The fourth-order valence-corrected chi connectivity index (χ4v) is 9.87. The highest BCUT2D eigenvalue weighted by atomic mass is 16.2. The van der Waals surface area contributed by atoms with E-state index in [9.17, 15) is 28.8 Å². The molecule has 1 unspecified atom stereocenters. The molecule has 9 rings (SSSR count). The van der Waals surface area contributed by atoms with E-state index in [1.807, 2.05) is 18.3 Å². The second-order valence-electron chi connectivity index (χ2n) is 17.0. The summed E-state index contributed by atoms with van der Waals surface area (Å²) in [5.74, 6) is -1.28. The maximum absolute atomic E-state index is 13.6. The second kappa shape index (κ2) is 16.3. The van der Waals surface area contributed by atoms with Crippen molar-refractivity contribution in [1.82, 2.24) is 40.0 Å². The molecule has 1 aromatic carbocycles. The normalized spacial score (nSPS) is 21.8. The highest BCUT2D eigenvalue weighted by molar-refractivity contribution is 6.23. The van der Waals surface area contributed by atoms with E-state index in [-0.39, 0.29) is 41.8 Å². The van der Waals surface area contributed by atoms with Crippen LogP contribution in [0.2, 0.25) is 0 Å². The van der Waals surface area contributed by atoms with Crippen LogP contribution in [0.4, 0.5) is 17.5 Å². The minimum Gasteiger partial charge on any atom is -0.370 e. The van der Waals surface area contributed by atoms with Gasteiger partial charge in [0.1, 0.15) is 17.5 Å². The maximum atomic E-state index is 13.6. The molecule has 60 heavy (non-hydrogen) atoms. The minimum absolute atomic E-state index is 0.00603. The lowest BCUT2D eigenvalue weighted by atomic mass is 9.99. The number of carbonyl (C=O) groups is 5. The van der Waals surface area contributed by atoms with E-state index in [0.717, 1.165) is 100 Å². The summed E-state index contributed by atoms with van der Waals surface area (Å²) in [5, 5.41) is 10.1. The van der Waals surface area contributed by atoms with Gasteiger partial charge in [0.2, 0.25) is 17.8 Å². The first-order valence-corrected chi connectivity index (χ1v) is 21.3. The van der Waals surface area contributed by atoms with Crippen molar-refractivity contribution in [2.45, 2.75) is 109 Å². The largest absolute Gasteiger partial charge is 0.370 e. The summed E-state index contributed by atoms with van der Waals surface area (Å²) in [5.41, 5.74) is 3.67. The van der Waals surface area contributed by atoms with Gasteiger partial charge in [0.25, 0.3) is 17.4 Å². The predicted octanol–water partition coefficient (Wildman–Crippen LogP) is 4.18. The van der Waals surface area contributed by atoms with Gasteiger partial charge in [-0.2, -0.15) is 4.98 Å². The third-order valence-corrected chi connectivity index (χ3v) is 13.0.